The van der Waals surface area contributed by atoms with Crippen LogP contribution in [0.4, 0.5) is 10.1 Å². The molecule has 1 saturated heterocycles. The summed E-state index contributed by atoms with van der Waals surface area (Å²) < 4.78 is 24.7. The zero-order valence-corrected chi connectivity index (χ0v) is 19.9. The van der Waals surface area contributed by atoms with Gasteiger partial charge < -0.3 is 14.6 Å². The maximum Gasteiger partial charge on any atom is 0.300 e. The summed E-state index contributed by atoms with van der Waals surface area (Å²) in [5.41, 5.74) is 1.98. The fraction of sp³-hybridized carbons (Fsp3) is 0.214. The van der Waals surface area contributed by atoms with Crippen LogP contribution in [0, 0.1) is 12.7 Å². The highest BCUT2D eigenvalue weighted by Gasteiger charge is 2.47. The van der Waals surface area contributed by atoms with E-state index in [0.717, 1.165) is 5.56 Å². The van der Waals surface area contributed by atoms with Gasteiger partial charge in [0.15, 0.2) is 0 Å². The molecule has 7 heteroatoms. The Balaban J connectivity index is 1.90. The van der Waals surface area contributed by atoms with E-state index in [1.54, 1.807) is 42.5 Å². The predicted octanol–water partition coefficient (Wildman–Crippen LogP) is 5.56. The third kappa shape index (κ3) is 4.62. The zero-order chi connectivity index (χ0) is 25.3. The molecule has 1 aliphatic rings. The van der Waals surface area contributed by atoms with Gasteiger partial charge in [0.2, 0.25) is 0 Å². The standard InChI is InChI=1S/C28H26FNO5/c1-16(2)35-23-13-8-19(14-17(23)3)26(31)24-25(18-6-5-7-22(15-18)34-4)30(28(33)27(24)32)21-11-9-20(29)10-12-21/h5-16,25,31H,1-4H3/b26-24+. The molecule has 0 saturated carbocycles. The summed E-state index contributed by atoms with van der Waals surface area (Å²) in [5, 5.41) is 11.3. The van der Waals surface area contributed by atoms with E-state index >= 15 is 0 Å². The highest BCUT2D eigenvalue weighted by molar-refractivity contribution is 6.51. The lowest BCUT2D eigenvalue weighted by Crippen LogP contribution is -2.29. The van der Waals surface area contributed by atoms with Gasteiger partial charge in [-0.15, -0.1) is 0 Å². The number of nitrogens with zero attached hydrogens (tertiary/aromatic N) is 1. The maximum atomic E-state index is 13.6. The molecule has 6 nitrogen and oxygen atoms in total. The first-order chi connectivity index (χ1) is 16.7. The summed E-state index contributed by atoms with van der Waals surface area (Å²) >= 11 is 0. The Kier molecular flexibility index (Phi) is 6.60. The third-order valence-corrected chi connectivity index (χ3v) is 5.77. The number of anilines is 1. The average Bonchev–Trinajstić information content (AvgIpc) is 3.10. The molecule has 35 heavy (non-hydrogen) atoms. The van der Waals surface area contributed by atoms with E-state index in [-0.39, 0.29) is 17.4 Å². The number of methoxy groups -OCH3 is 1. The topological polar surface area (TPSA) is 76.1 Å². The smallest absolute Gasteiger partial charge is 0.300 e. The number of ketones is 1. The van der Waals surface area contributed by atoms with Gasteiger partial charge in [0.1, 0.15) is 23.1 Å². The molecule has 1 amide bonds. The average molecular weight is 476 g/mol. The minimum Gasteiger partial charge on any atom is -0.507 e. The Morgan fingerprint density at radius 2 is 1.74 bits per heavy atom. The number of aliphatic hydroxyl groups is 1. The van der Waals surface area contributed by atoms with Crippen LogP contribution in [-0.4, -0.2) is 30.0 Å². The Morgan fingerprint density at radius 3 is 2.37 bits per heavy atom. The van der Waals surface area contributed by atoms with Crippen LogP contribution in [-0.2, 0) is 9.59 Å². The molecule has 180 valence electrons. The van der Waals surface area contributed by atoms with E-state index in [1.165, 1.54) is 36.3 Å². The second kappa shape index (κ2) is 9.62. The van der Waals surface area contributed by atoms with Crippen molar-refractivity contribution in [1.82, 2.24) is 0 Å². The van der Waals surface area contributed by atoms with Crippen LogP contribution < -0.4 is 14.4 Å². The van der Waals surface area contributed by atoms with Gasteiger partial charge in [-0.25, -0.2) is 4.39 Å². The lowest BCUT2D eigenvalue weighted by atomic mass is 9.94. The van der Waals surface area contributed by atoms with Gasteiger partial charge >= 0.3 is 0 Å². The molecule has 0 aliphatic carbocycles. The van der Waals surface area contributed by atoms with Crippen molar-refractivity contribution < 1.29 is 28.6 Å². The van der Waals surface area contributed by atoms with Crippen molar-refractivity contribution in [1.29, 1.82) is 0 Å². The molecule has 1 atom stereocenters. The van der Waals surface area contributed by atoms with E-state index in [0.29, 0.717) is 28.3 Å². The van der Waals surface area contributed by atoms with Crippen LogP contribution in [0.2, 0.25) is 0 Å². The monoisotopic (exact) mass is 475 g/mol. The first kappa shape index (κ1) is 24.0. The third-order valence-electron chi connectivity index (χ3n) is 5.77. The molecule has 3 aromatic rings. The van der Waals surface area contributed by atoms with Gasteiger partial charge in [-0.2, -0.15) is 0 Å². The number of aryl methyl sites for hydroxylation is 1. The van der Waals surface area contributed by atoms with Crippen molar-refractivity contribution >= 4 is 23.1 Å². The number of ether oxygens (including phenoxy) is 2. The normalized spacial score (nSPS) is 17.2. The molecule has 0 aromatic heterocycles. The number of halogens is 1. The molecule has 4 rings (SSSR count). The summed E-state index contributed by atoms with van der Waals surface area (Å²) in [6.45, 7) is 5.67. The molecule has 3 aromatic carbocycles. The van der Waals surface area contributed by atoms with Gasteiger partial charge in [-0.1, -0.05) is 12.1 Å². The quantitative estimate of drug-likeness (QED) is 0.287. The number of amides is 1. The first-order valence-corrected chi connectivity index (χ1v) is 11.2. The number of hydrogen-bond donors (Lipinski definition) is 1. The molecule has 1 N–H and O–H groups in total. The van der Waals surface area contributed by atoms with Crippen LogP contribution >= 0.6 is 0 Å². The lowest BCUT2D eigenvalue weighted by Gasteiger charge is -2.25. The summed E-state index contributed by atoms with van der Waals surface area (Å²) in [6, 6.07) is 16.3. The van der Waals surface area contributed by atoms with Crippen LogP contribution in [0.25, 0.3) is 5.76 Å². The summed E-state index contributed by atoms with van der Waals surface area (Å²) in [5.74, 6) is -1.24. The molecule has 0 spiro atoms. The first-order valence-electron chi connectivity index (χ1n) is 11.2. The highest BCUT2D eigenvalue weighted by Crippen LogP contribution is 2.43. The second-order valence-corrected chi connectivity index (χ2v) is 8.57. The van der Waals surface area contributed by atoms with Crippen molar-refractivity contribution in [3.63, 3.8) is 0 Å². The van der Waals surface area contributed by atoms with Crippen LogP contribution in [0.15, 0.2) is 72.3 Å². The van der Waals surface area contributed by atoms with E-state index < -0.39 is 23.5 Å². The van der Waals surface area contributed by atoms with Crippen LogP contribution in [0.5, 0.6) is 11.5 Å². The minimum atomic E-state index is -0.942. The van der Waals surface area contributed by atoms with Gasteiger partial charge in [0, 0.05) is 11.3 Å². The minimum absolute atomic E-state index is 0.0257. The van der Waals surface area contributed by atoms with Crippen molar-refractivity contribution in [2.75, 3.05) is 12.0 Å². The maximum absolute atomic E-state index is 13.6. The zero-order valence-electron chi connectivity index (χ0n) is 19.9. The molecule has 1 heterocycles. The van der Waals surface area contributed by atoms with E-state index in [2.05, 4.69) is 0 Å². The SMILES string of the molecule is COc1cccc(C2/C(=C(\O)c3ccc(OC(C)C)c(C)c3)C(=O)C(=O)N2c2ccc(F)cc2)c1. The summed E-state index contributed by atoms with van der Waals surface area (Å²) in [7, 11) is 1.51. The summed E-state index contributed by atoms with van der Waals surface area (Å²) in [6.07, 6.45) is -0.0257. The number of rotatable bonds is 6. The number of aliphatic hydroxyl groups excluding tert-OH is 1. The van der Waals surface area contributed by atoms with Gasteiger partial charge in [-0.3, -0.25) is 14.5 Å². The van der Waals surface area contributed by atoms with Crippen molar-refractivity contribution in [2.24, 2.45) is 0 Å². The number of hydrogen-bond acceptors (Lipinski definition) is 5. The fourth-order valence-electron chi connectivity index (χ4n) is 4.17. The molecule has 1 fully saturated rings. The van der Waals surface area contributed by atoms with Crippen molar-refractivity contribution in [2.45, 2.75) is 32.9 Å². The molecule has 1 unspecified atom stereocenters. The van der Waals surface area contributed by atoms with Gasteiger partial charge in [0.05, 0.1) is 24.8 Å². The van der Waals surface area contributed by atoms with Crippen molar-refractivity contribution in [3.8, 4) is 11.5 Å². The lowest BCUT2D eigenvalue weighted by molar-refractivity contribution is -0.132. The Labute approximate surface area is 203 Å². The molecule has 1 aliphatic heterocycles. The van der Waals surface area contributed by atoms with Crippen molar-refractivity contribution in [3.05, 3.63) is 94.8 Å². The summed E-state index contributed by atoms with van der Waals surface area (Å²) in [4.78, 5) is 27.7. The van der Waals surface area contributed by atoms with E-state index in [4.69, 9.17) is 9.47 Å². The van der Waals surface area contributed by atoms with Crippen LogP contribution in [0.1, 0.15) is 36.6 Å². The second-order valence-electron chi connectivity index (χ2n) is 8.57. The molecular weight excluding hydrogens is 449 g/mol. The number of carbonyl (C=O) groups is 2. The van der Waals surface area contributed by atoms with E-state index in [9.17, 15) is 19.1 Å². The Bertz CT molecular complexity index is 1310. The molecular formula is C28H26FNO5. The highest BCUT2D eigenvalue weighted by atomic mass is 19.1. The number of benzene rings is 3. The Morgan fingerprint density at radius 1 is 1.03 bits per heavy atom. The predicted molar refractivity (Wildman–Crippen MR) is 131 cm³/mol. The number of carbonyl (C=O) groups excluding carboxylic acids is 2. The van der Waals surface area contributed by atoms with Crippen LogP contribution in [0.3, 0.4) is 0 Å². The van der Waals surface area contributed by atoms with E-state index in [1.807, 2.05) is 20.8 Å². The fourth-order valence-corrected chi connectivity index (χ4v) is 4.17. The van der Waals surface area contributed by atoms with Gasteiger partial charge in [-0.05, 0) is 86.5 Å². The Hall–Kier alpha value is -4.13. The molecule has 0 bridgehead atoms. The molecule has 0 radical (unpaired) electrons. The largest absolute Gasteiger partial charge is 0.507 e. The number of Topliss-reactive ketones (excluding diaryl/α,β-unsaturated/α-hetero) is 1. The van der Waals surface area contributed by atoms with Gasteiger partial charge in [0.25, 0.3) is 11.7 Å².